The number of benzene rings is 1. The monoisotopic (exact) mass is 341 g/mol. The maximum atomic E-state index is 12.0. The normalized spacial score (nSPS) is 11.0. The van der Waals surface area contributed by atoms with Gasteiger partial charge in [-0.2, -0.15) is 5.26 Å². The second kappa shape index (κ2) is 8.31. The summed E-state index contributed by atoms with van der Waals surface area (Å²) in [4.78, 5) is 35.4. The molecule has 1 heterocycles. The predicted octanol–water partition coefficient (Wildman–Crippen LogP) is 1.45. The third kappa shape index (κ3) is 4.94. The van der Waals surface area contributed by atoms with E-state index in [2.05, 4.69) is 10.6 Å². The summed E-state index contributed by atoms with van der Waals surface area (Å²) in [6.45, 7) is 0.975. The first kappa shape index (κ1) is 17.7. The van der Waals surface area contributed by atoms with Crippen LogP contribution >= 0.6 is 0 Å². The molecule has 128 valence electrons. The van der Waals surface area contributed by atoms with Crippen molar-refractivity contribution in [1.82, 2.24) is 5.32 Å². The molecule has 0 aliphatic rings. The molecule has 8 nitrogen and oxygen atoms in total. The summed E-state index contributed by atoms with van der Waals surface area (Å²) < 4.78 is 9.83. The van der Waals surface area contributed by atoms with Crippen LogP contribution in [0, 0.1) is 11.3 Å². The zero-order valence-corrected chi connectivity index (χ0v) is 13.3. The van der Waals surface area contributed by atoms with Crippen LogP contribution in [0.1, 0.15) is 23.0 Å². The summed E-state index contributed by atoms with van der Waals surface area (Å²) in [5.74, 6) is -1.88. The number of hydrogen-bond donors (Lipinski definition) is 2. The highest BCUT2D eigenvalue weighted by atomic mass is 16.5. The van der Waals surface area contributed by atoms with Crippen LogP contribution in [0.25, 0.3) is 0 Å². The van der Waals surface area contributed by atoms with E-state index in [0.29, 0.717) is 11.3 Å². The number of ether oxygens (including phenoxy) is 1. The lowest BCUT2D eigenvalue weighted by molar-refractivity contribution is -0.152. The summed E-state index contributed by atoms with van der Waals surface area (Å²) in [5, 5.41) is 13.8. The number of hydrogen-bond acceptors (Lipinski definition) is 6. The third-order valence-electron chi connectivity index (χ3n) is 3.12. The van der Waals surface area contributed by atoms with Crippen molar-refractivity contribution in [3.05, 3.63) is 54.0 Å². The van der Waals surface area contributed by atoms with Crippen LogP contribution in [0.3, 0.4) is 0 Å². The number of nitrogens with zero attached hydrogens (tertiary/aromatic N) is 1. The summed E-state index contributed by atoms with van der Waals surface area (Å²) in [5.41, 5.74) is 0.615. The van der Waals surface area contributed by atoms with Crippen LogP contribution in [0.15, 0.2) is 47.1 Å². The lowest BCUT2D eigenvalue weighted by Gasteiger charge is -2.14. The van der Waals surface area contributed by atoms with E-state index < -0.39 is 30.4 Å². The van der Waals surface area contributed by atoms with E-state index >= 15 is 0 Å². The van der Waals surface area contributed by atoms with E-state index in [9.17, 15) is 14.4 Å². The van der Waals surface area contributed by atoms with Gasteiger partial charge in [0.15, 0.2) is 11.9 Å². The number of esters is 1. The smallest absolute Gasteiger partial charge is 0.326 e. The van der Waals surface area contributed by atoms with Gasteiger partial charge in [-0.15, -0.1) is 0 Å². The molecule has 0 spiro atoms. The average molecular weight is 341 g/mol. The van der Waals surface area contributed by atoms with Crippen molar-refractivity contribution in [3.63, 3.8) is 0 Å². The van der Waals surface area contributed by atoms with E-state index in [0.717, 1.165) is 0 Å². The van der Waals surface area contributed by atoms with Crippen molar-refractivity contribution in [1.29, 1.82) is 5.26 Å². The summed E-state index contributed by atoms with van der Waals surface area (Å²) in [6.07, 6.45) is 0.235. The van der Waals surface area contributed by atoms with Crippen LogP contribution in [-0.4, -0.2) is 30.4 Å². The number of nitrogens with one attached hydrogen (secondary N) is 2. The van der Waals surface area contributed by atoms with Gasteiger partial charge in [-0.1, -0.05) is 12.1 Å². The van der Waals surface area contributed by atoms with Gasteiger partial charge in [-0.05, 0) is 31.2 Å². The van der Waals surface area contributed by atoms with Gasteiger partial charge >= 0.3 is 5.97 Å². The van der Waals surface area contributed by atoms with Crippen LogP contribution in [0.2, 0.25) is 0 Å². The molecule has 1 aromatic heterocycles. The zero-order valence-electron chi connectivity index (χ0n) is 13.3. The van der Waals surface area contributed by atoms with Gasteiger partial charge in [0.1, 0.15) is 12.6 Å². The van der Waals surface area contributed by atoms with Crippen molar-refractivity contribution >= 4 is 23.5 Å². The highest BCUT2D eigenvalue weighted by Crippen LogP contribution is 2.14. The first-order valence-electron chi connectivity index (χ1n) is 7.32. The maximum absolute atomic E-state index is 12.0. The van der Waals surface area contributed by atoms with Crippen molar-refractivity contribution in [3.8, 4) is 6.07 Å². The Labute approximate surface area is 143 Å². The van der Waals surface area contributed by atoms with Gasteiger partial charge in [0.25, 0.3) is 11.8 Å². The minimum atomic E-state index is -1.10. The van der Waals surface area contributed by atoms with Crippen LogP contribution < -0.4 is 10.6 Å². The van der Waals surface area contributed by atoms with E-state index in [4.69, 9.17) is 14.4 Å². The quantitative estimate of drug-likeness (QED) is 0.767. The third-order valence-corrected chi connectivity index (χ3v) is 3.12. The highest BCUT2D eigenvalue weighted by Gasteiger charge is 2.19. The van der Waals surface area contributed by atoms with Gasteiger partial charge in [-0.25, -0.2) is 0 Å². The molecule has 0 unspecified atom stereocenters. The molecule has 0 saturated heterocycles. The Kier molecular flexibility index (Phi) is 5.90. The lowest BCUT2D eigenvalue weighted by Crippen LogP contribution is -2.35. The van der Waals surface area contributed by atoms with Crippen molar-refractivity contribution in [2.45, 2.75) is 13.0 Å². The molecule has 0 aliphatic carbocycles. The molecule has 1 atom stereocenters. The van der Waals surface area contributed by atoms with Gasteiger partial charge in [0, 0.05) is 0 Å². The number of rotatable bonds is 6. The minimum Gasteiger partial charge on any atom is -0.459 e. The topological polar surface area (TPSA) is 121 Å². The molecule has 0 aliphatic heterocycles. The van der Waals surface area contributed by atoms with Crippen LogP contribution in [0.5, 0.6) is 0 Å². The van der Waals surface area contributed by atoms with Crippen molar-refractivity contribution in [2.24, 2.45) is 0 Å². The number of carbonyl (C=O) groups excluding carboxylic acids is 3. The lowest BCUT2D eigenvalue weighted by atomic mass is 10.2. The minimum absolute atomic E-state index is 0.0618. The fraction of sp³-hybridized carbons (Fsp3) is 0.176. The van der Waals surface area contributed by atoms with Gasteiger partial charge in [0.2, 0.25) is 0 Å². The number of amides is 2. The number of furan rings is 1. The van der Waals surface area contributed by atoms with Crippen LogP contribution in [-0.2, 0) is 14.3 Å². The summed E-state index contributed by atoms with van der Waals surface area (Å²) >= 11 is 0. The number of nitriles is 1. The molecule has 2 aromatic rings. The van der Waals surface area contributed by atoms with Crippen LogP contribution in [0.4, 0.5) is 5.69 Å². The molecule has 25 heavy (non-hydrogen) atoms. The van der Waals surface area contributed by atoms with E-state index in [-0.39, 0.29) is 5.76 Å². The Morgan fingerprint density at radius 2 is 2.00 bits per heavy atom. The molecule has 1 aromatic carbocycles. The molecular formula is C17H15N3O5. The largest absolute Gasteiger partial charge is 0.459 e. The second-order valence-electron chi connectivity index (χ2n) is 4.94. The van der Waals surface area contributed by atoms with E-state index in [1.807, 2.05) is 6.07 Å². The molecule has 2 amide bonds. The molecule has 0 fully saturated rings. The SMILES string of the molecule is C[C@H](OC(=O)CNC(=O)c1ccco1)C(=O)Nc1ccccc1C#N. The van der Waals surface area contributed by atoms with Crippen molar-refractivity contribution < 1.29 is 23.5 Å². The molecule has 8 heteroatoms. The molecule has 2 rings (SSSR count). The van der Waals surface area contributed by atoms with Gasteiger partial charge in [0.05, 0.1) is 17.5 Å². The summed E-state index contributed by atoms with van der Waals surface area (Å²) in [6, 6.07) is 11.4. The molecule has 0 radical (unpaired) electrons. The Hall–Kier alpha value is -3.60. The van der Waals surface area contributed by atoms with E-state index in [1.54, 1.807) is 30.3 Å². The van der Waals surface area contributed by atoms with Crippen molar-refractivity contribution in [2.75, 3.05) is 11.9 Å². The average Bonchev–Trinajstić information content (AvgIpc) is 3.14. The Bertz CT molecular complexity index is 808. The fourth-order valence-corrected chi connectivity index (χ4v) is 1.86. The number of para-hydroxylation sites is 1. The summed E-state index contributed by atoms with van der Waals surface area (Å²) in [7, 11) is 0. The highest BCUT2D eigenvalue weighted by molar-refractivity contribution is 5.97. The Morgan fingerprint density at radius 3 is 2.68 bits per heavy atom. The predicted molar refractivity (Wildman–Crippen MR) is 86.4 cm³/mol. The Morgan fingerprint density at radius 1 is 1.24 bits per heavy atom. The number of anilines is 1. The molecule has 0 bridgehead atoms. The first-order chi connectivity index (χ1) is 12.0. The molecule has 0 saturated carbocycles. The molecular weight excluding hydrogens is 326 g/mol. The van der Waals surface area contributed by atoms with Gasteiger partial charge < -0.3 is 19.8 Å². The molecule has 2 N–H and O–H groups in total. The standard InChI is InChI=1S/C17H15N3O5/c1-11(16(22)20-13-6-3-2-5-12(13)9-18)25-15(21)10-19-17(23)14-7-4-8-24-14/h2-8,11H,10H2,1H3,(H,19,23)(H,20,22)/t11-/m0/s1. The van der Waals surface area contributed by atoms with E-state index in [1.165, 1.54) is 19.3 Å². The maximum Gasteiger partial charge on any atom is 0.326 e. The fourth-order valence-electron chi connectivity index (χ4n) is 1.86. The second-order valence-corrected chi connectivity index (χ2v) is 4.94. The Balaban J connectivity index is 1.83. The van der Waals surface area contributed by atoms with Gasteiger partial charge in [-0.3, -0.25) is 14.4 Å². The number of carbonyl (C=O) groups is 3. The zero-order chi connectivity index (χ0) is 18.2. The first-order valence-corrected chi connectivity index (χ1v) is 7.32.